The number of hydrogen-bond acceptors (Lipinski definition) is 4. The highest BCUT2D eigenvalue weighted by Crippen LogP contribution is 2.17. The summed E-state index contributed by atoms with van der Waals surface area (Å²) < 4.78 is 1.97. The summed E-state index contributed by atoms with van der Waals surface area (Å²) in [4.78, 5) is 13.3. The Kier molecular flexibility index (Phi) is 3.55. The van der Waals surface area contributed by atoms with Crippen molar-refractivity contribution in [3.8, 4) is 11.5 Å². The van der Waals surface area contributed by atoms with Crippen LogP contribution in [0.5, 0.6) is 0 Å². The predicted octanol–water partition coefficient (Wildman–Crippen LogP) is 1.42. The van der Waals surface area contributed by atoms with E-state index in [1.807, 2.05) is 24.0 Å². The molecule has 1 N–H and O–H groups in total. The fourth-order valence-electron chi connectivity index (χ4n) is 2.62. The van der Waals surface area contributed by atoms with Crippen molar-refractivity contribution in [3.05, 3.63) is 30.5 Å². The Bertz CT molecular complexity index is 542. The van der Waals surface area contributed by atoms with Crippen LogP contribution in [-0.4, -0.2) is 32.6 Å². The van der Waals surface area contributed by atoms with Gasteiger partial charge in [0, 0.05) is 25.6 Å². The quantitative estimate of drug-likeness (QED) is 0.903. The maximum atomic E-state index is 4.70. The Labute approximate surface area is 113 Å². The summed E-state index contributed by atoms with van der Waals surface area (Å²) in [6.45, 7) is 2.24. The maximum Gasteiger partial charge on any atom is 0.159 e. The summed E-state index contributed by atoms with van der Waals surface area (Å²) >= 11 is 0. The van der Waals surface area contributed by atoms with Crippen LogP contribution in [0.4, 0.5) is 0 Å². The molecule has 0 bridgehead atoms. The number of nitrogens with one attached hydrogen (secondary N) is 1. The third-order valence-corrected chi connectivity index (χ3v) is 3.63. The first-order chi connectivity index (χ1) is 9.33. The largest absolute Gasteiger partial charge is 0.333 e. The van der Waals surface area contributed by atoms with Crippen LogP contribution >= 0.6 is 0 Å². The van der Waals surface area contributed by atoms with E-state index in [-0.39, 0.29) is 0 Å². The smallest absolute Gasteiger partial charge is 0.159 e. The van der Waals surface area contributed by atoms with Gasteiger partial charge >= 0.3 is 0 Å². The summed E-state index contributed by atoms with van der Waals surface area (Å²) in [6.07, 6.45) is 10.9. The van der Waals surface area contributed by atoms with Crippen molar-refractivity contribution in [3.63, 3.8) is 0 Å². The van der Waals surface area contributed by atoms with Gasteiger partial charge < -0.3 is 9.88 Å². The van der Waals surface area contributed by atoms with Gasteiger partial charge in [-0.25, -0.2) is 9.97 Å². The van der Waals surface area contributed by atoms with Crippen LogP contribution in [0.15, 0.2) is 24.8 Å². The summed E-state index contributed by atoms with van der Waals surface area (Å²) in [6, 6.07) is 0. The van der Waals surface area contributed by atoms with E-state index in [1.165, 1.54) is 12.8 Å². The van der Waals surface area contributed by atoms with Gasteiger partial charge in [0.2, 0.25) is 0 Å². The Morgan fingerprint density at radius 2 is 2.37 bits per heavy atom. The lowest BCUT2D eigenvalue weighted by Gasteiger charge is -2.22. The molecule has 2 aromatic heterocycles. The fourth-order valence-corrected chi connectivity index (χ4v) is 2.62. The van der Waals surface area contributed by atoms with E-state index in [0.29, 0.717) is 5.92 Å². The van der Waals surface area contributed by atoms with Gasteiger partial charge in [-0.1, -0.05) is 0 Å². The molecule has 19 heavy (non-hydrogen) atoms. The fraction of sp³-hybridized carbons (Fsp3) is 0.500. The van der Waals surface area contributed by atoms with Crippen LogP contribution in [0.2, 0.25) is 0 Å². The van der Waals surface area contributed by atoms with E-state index in [2.05, 4.69) is 15.3 Å². The van der Waals surface area contributed by atoms with E-state index < -0.39 is 0 Å². The van der Waals surface area contributed by atoms with Crippen molar-refractivity contribution in [1.29, 1.82) is 0 Å². The van der Waals surface area contributed by atoms with E-state index in [9.17, 15) is 0 Å². The first-order valence-electron chi connectivity index (χ1n) is 6.82. The number of nitrogens with zero attached hydrogens (tertiary/aromatic N) is 4. The minimum atomic E-state index is 0.680. The second-order valence-corrected chi connectivity index (χ2v) is 5.17. The maximum absolute atomic E-state index is 4.70. The lowest BCUT2D eigenvalue weighted by Crippen LogP contribution is -2.31. The molecule has 5 heteroatoms. The number of hydrogen-bond donors (Lipinski definition) is 1. The zero-order valence-corrected chi connectivity index (χ0v) is 11.2. The minimum Gasteiger partial charge on any atom is -0.333 e. The van der Waals surface area contributed by atoms with Gasteiger partial charge in [0.1, 0.15) is 5.69 Å². The molecule has 0 amide bonds. The summed E-state index contributed by atoms with van der Waals surface area (Å²) in [5.41, 5.74) is 1.92. The molecule has 1 fully saturated rings. The molecule has 5 nitrogen and oxygen atoms in total. The first kappa shape index (κ1) is 12.3. The third-order valence-electron chi connectivity index (χ3n) is 3.63. The average Bonchev–Trinajstić information content (AvgIpc) is 2.86. The number of aromatic nitrogens is 4. The SMILES string of the molecule is Cn1ccnc1-c1cncc(C[C@@H]2CCCNC2)n1. The topological polar surface area (TPSA) is 55.6 Å². The number of piperidine rings is 1. The lowest BCUT2D eigenvalue weighted by atomic mass is 9.95. The van der Waals surface area contributed by atoms with Gasteiger partial charge in [0.15, 0.2) is 5.82 Å². The normalized spacial score (nSPS) is 19.5. The number of aryl methyl sites for hydroxylation is 1. The van der Waals surface area contributed by atoms with Crippen molar-refractivity contribution in [2.45, 2.75) is 19.3 Å². The van der Waals surface area contributed by atoms with Crippen molar-refractivity contribution in [2.24, 2.45) is 13.0 Å². The molecule has 0 spiro atoms. The molecule has 0 aromatic carbocycles. The van der Waals surface area contributed by atoms with Crippen LogP contribution in [0, 0.1) is 5.92 Å². The highest BCUT2D eigenvalue weighted by atomic mass is 15.1. The predicted molar refractivity (Wildman–Crippen MR) is 73.5 cm³/mol. The molecular formula is C14H19N5. The van der Waals surface area contributed by atoms with E-state index >= 15 is 0 Å². The molecule has 0 unspecified atom stereocenters. The molecule has 3 rings (SSSR count). The highest BCUT2D eigenvalue weighted by molar-refractivity contribution is 5.47. The van der Waals surface area contributed by atoms with Gasteiger partial charge in [-0.3, -0.25) is 4.98 Å². The second kappa shape index (κ2) is 5.48. The van der Waals surface area contributed by atoms with Gasteiger partial charge in [-0.2, -0.15) is 0 Å². The van der Waals surface area contributed by atoms with Crippen LogP contribution in [0.25, 0.3) is 11.5 Å². The Hall–Kier alpha value is -1.75. The van der Waals surface area contributed by atoms with Crippen molar-refractivity contribution in [2.75, 3.05) is 13.1 Å². The Balaban J connectivity index is 1.78. The molecule has 0 saturated carbocycles. The molecule has 2 aromatic rings. The summed E-state index contributed by atoms with van der Waals surface area (Å²) in [5.74, 6) is 1.55. The van der Waals surface area contributed by atoms with Crippen molar-refractivity contribution >= 4 is 0 Å². The molecule has 100 valence electrons. The average molecular weight is 257 g/mol. The summed E-state index contributed by atoms with van der Waals surface area (Å²) in [7, 11) is 1.97. The van der Waals surface area contributed by atoms with Crippen LogP contribution in [0.3, 0.4) is 0 Å². The highest BCUT2D eigenvalue weighted by Gasteiger charge is 2.15. The van der Waals surface area contributed by atoms with E-state index in [1.54, 1.807) is 12.4 Å². The van der Waals surface area contributed by atoms with Crippen LogP contribution in [0.1, 0.15) is 18.5 Å². The van der Waals surface area contributed by atoms with Crippen LogP contribution in [-0.2, 0) is 13.5 Å². The van der Waals surface area contributed by atoms with Crippen molar-refractivity contribution in [1.82, 2.24) is 24.8 Å². The number of rotatable bonds is 3. The van der Waals surface area contributed by atoms with E-state index in [0.717, 1.165) is 36.7 Å². The lowest BCUT2D eigenvalue weighted by molar-refractivity contribution is 0.373. The first-order valence-corrected chi connectivity index (χ1v) is 6.82. The zero-order valence-electron chi connectivity index (χ0n) is 11.2. The van der Waals surface area contributed by atoms with Gasteiger partial charge in [0.25, 0.3) is 0 Å². The molecular weight excluding hydrogens is 238 g/mol. The second-order valence-electron chi connectivity index (χ2n) is 5.17. The Morgan fingerprint density at radius 3 is 3.11 bits per heavy atom. The molecule has 0 aliphatic carbocycles. The van der Waals surface area contributed by atoms with Gasteiger partial charge in [0.05, 0.1) is 11.9 Å². The van der Waals surface area contributed by atoms with E-state index in [4.69, 9.17) is 4.98 Å². The number of imidazole rings is 1. The molecule has 1 saturated heterocycles. The van der Waals surface area contributed by atoms with Gasteiger partial charge in [-0.15, -0.1) is 0 Å². The van der Waals surface area contributed by atoms with Crippen molar-refractivity contribution < 1.29 is 0 Å². The summed E-state index contributed by atoms with van der Waals surface area (Å²) in [5, 5.41) is 3.44. The molecule has 3 heterocycles. The molecule has 1 aliphatic heterocycles. The molecule has 0 radical (unpaired) electrons. The third kappa shape index (κ3) is 2.81. The molecule has 1 aliphatic rings. The molecule has 1 atom stereocenters. The standard InChI is InChI=1S/C14H19N5/c1-19-6-5-17-14(19)13-10-16-9-12(18-13)7-11-3-2-4-15-8-11/h5-6,9-11,15H,2-4,7-8H2,1H3/t11-/m0/s1. The zero-order chi connectivity index (χ0) is 13.1. The monoisotopic (exact) mass is 257 g/mol. The van der Waals surface area contributed by atoms with Crippen LogP contribution < -0.4 is 5.32 Å². The minimum absolute atomic E-state index is 0.680. The van der Waals surface area contributed by atoms with Gasteiger partial charge in [-0.05, 0) is 38.3 Å². The Morgan fingerprint density at radius 1 is 1.42 bits per heavy atom.